The Morgan fingerprint density at radius 2 is 2.19 bits per heavy atom. The van der Waals surface area contributed by atoms with Crippen molar-refractivity contribution in [3.05, 3.63) is 21.3 Å². The van der Waals surface area contributed by atoms with E-state index >= 15 is 0 Å². The summed E-state index contributed by atoms with van der Waals surface area (Å²) in [6, 6.07) is 0.750. The first-order valence-corrected chi connectivity index (χ1v) is 8.34. The molecule has 0 radical (unpaired) electrons. The Labute approximate surface area is 137 Å². The number of carbonyl (C=O) groups excluding carboxylic acids is 1. The molecule has 0 N–H and O–H groups in total. The number of hydrogen-bond acceptors (Lipinski definition) is 5. The summed E-state index contributed by atoms with van der Waals surface area (Å²) in [5.41, 5.74) is 0.636. The number of ether oxygens (including phenoxy) is 3. The number of methoxy groups -OCH3 is 2. The zero-order valence-electron chi connectivity index (χ0n) is 12.0. The summed E-state index contributed by atoms with van der Waals surface area (Å²) in [4.78, 5) is 14.3. The molecule has 0 amide bonds. The largest absolute Gasteiger partial charge is 0.449 e. The van der Waals surface area contributed by atoms with Gasteiger partial charge in [-0.3, -0.25) is 4.90 Å². The van der Waals surface area contributed by atoms with Crippen LogP contribution >= 0.6 is 22.6 Å². The molecule has 1 aliphatic carbocycles. The Balaban J connectivity index is 1.75. The van der Waals surface area contributed by atoms with Crippen molar-refractivity contribution in [2.75, 3.05) is 14.2 Å². The predicted octanol–water partition coefficient (Wildman–Crippen LogP) is 1.77. The summed E-state index contributed by atoms with van der Waals surface area (Å²) in [7, 11) is 3.37. The van der Waals surface area contributed by atoms with Gasteiger partial charge in [-0.25, -0.2) is 4.79 Å². The zero-order chi connectivity index (χ0) is 14.8. The number of esters is 1. The van der Waals surface area contributed by atoms with Crippen LogP contribution in [0.4, 0.5) is 0 Å². The lowest BCUT2D eigenvalue weighted by Crippen LogP contribution is -2.48. The van der Waals surface area contributed by atoms with Gasteiger partial charge in [0.1, 0.15) is 0 Å². The molecule has 2 fully saturated rings. The van der Waals surface area contributed by atoms with Gasteiger partial charge in [0.15, 0.2) is 11.9 Å². The summed E-state index contributed by atoms with van der Waals surface area (Å²) < 4.78 is 17.9. The van der Waals surface area contributed by atoms with Crippen LogP contribution in [0, 0.1) is 0 Å². The lowest BCUT2D eigenvalue weighted by Gasteiger charge is -2.33. The molecule has 114 valence electrons. The highest BCUT2D eigenvalue weighted by molar-refractivity contribution is 14.1. The average Bonchev–Trinajstić information content (AvgIpc) is 3.08. The van der Waals surface area contributed by atoms with Crippen LogP contribution in [0.1, 0.15) is 19.3 Å². The first-order chi connectivity index (χ1) is 10.1. The maximum Gasteiger partial charge on any atom is 0.332 e. The predicted molar refractivity (Wildman–Crippen MR) is 83.9 cm³/mol. The maximum atomic E-state index is 11.9. The van der Waals surface area contributed by atoms with Crippen LogP contribution in [-0.4, -0.2) is 55.1 Å². The van der Waals surface area contributed by atoms with E-state index in [2.05, 4.69) is 33.6 Å². The molecule has 0 aromatic carbocycles. The molecule has 6 heteroatoms. The van der Waals surface area contributed by atoms with E-state index in [1.54, 1.807) is 20.3 Å². The van der Waals surface area contributed by atoms with Gasteiger partial charge in [0.2, 0.25) is 0 Å². The van der Waals surface area contributed by atoms with Crippen molar-refractivity contribution in [1.29, 1.82) is 0 Å². The SMILES string of the molecule is COC(OC)[C@H]1CCC2N1[C@@H]1C=C(I)C3=CC(=O)O[C@@]32C1. The Kier molecular flexibility index (Phi) is 3.22. The minimum Gasteiger partial charge on any atom is -0.449 e. The van der Waals surface area contributed by atoms with Crippen molar-refractivity contribution >= 4 is 28.6 Å². The third kappa shape index (κ3) is 1.76. The van der Waals surface area contributed by atoms with Crippen molar-refractivity contribution < 1.29 is 19.0 Å². The third-order valence-corrected chi connectivity index (χ3v) is 6.23. The topological polar surface area (TPSA) is 48.0 Å². The van der Waals surface area contributed by atoms with Crippen LogP contribution < -0.4 is 0 Å². The molecule has 3 heterocycles. The Morgan fingerprint density at radius 1 is 1.43 bits per heavy atom. The molecule has 2 saturated heterocycles. The molecule has 0 saturated carbocycles. The molecule has 0 aromatic rings. The molecule has 1 spiro atoms. The van der Waals surface area contributed by atoms with Crippen molar-refractivity contribution in [2.24, 2.45) is 0 Å². The smallest absolute Gasteiger partial charge is 0.332 e. The van der Waals surface area contributed by atoms with E-state index in [1.165, 1.54) is 0 Å². The van der Waals surface area contributed by atoms with Crippen LogP contribution in [0.25, 0.3) is 0 Å². The lowest BCUT2D eigenvalue weighted by atomic mass is 9.81. The number of hydrogen-bond donors (Lipinski definition) is 0. The zero-order valence-corrected chi connectivity index (χ0v) is 14.2. The van der Waals surface area contributed by atoms with E-state index in [-0.39, 0.29) is 24.3 Å². The standard InChI is InChI=1S/C15H18INO4/c1-19-14(20-2)11-3-4-12-15-7-8(17(11)12)5-10(16)9(15)6-13(18)21-15/h5-6,8,11-12,14H,3-4,7H2,1-2H3/t8-,11-,12?,15+/m1/s1. The van der Waals surface area contributed by atoms with Gasteiger partial charge in [0.25, 0.3) is 0 Å². The van der Waals surface area contributed by atoms with E-state index in [0.29, 0.717) is 6.04 Å². The van der Waals surface area contributed by atoms with Crippen LogP contribution in [0.5, 0.6) is 0 Å². The third-order valence-electron chi connectivity index (χ3n) is 5.29. The summed E-state index contributed by atoms with van der Waals surface area (Å²) in [6.45, 7) is 0. The second kappa shape index (κ2) is 4.78. The van der Waals surface area contributed by atoms with Gasteiger partial charge in [-0.15, -0.1) is 0 Å². The molecular weight excluding hydrogens is 385 g/mol. The molecule has 2 bridgehead atoms. The fraction of sp³-hybridized carbons (Fsp3) is 0.667. The number of rotatable bonds is 3. The molecular formula is C15H18INO4. The Hall–Kier alpha value is -0.440. The van der Waals surface area contributed by atoms with E-state index in [0.717, 1.165) is 28.4 Å². The summed E-state index contributed by atoms with van der Waals surface area (Å²) in [6.07, 6.45) is 6.57. The van der Waals surface area contributed by atoms with Gasteiger partial charge in [0.05, 0.1) is 12.1 Å². The number of fused-ring (bicyclic) bond motifs is 3. The number of nitrogens with zero attached hydrogens (tertiary/aromatic N) is 1. The van der Waals surface area contributed by atoms with Gasteiger partial charge >= 0.3 is 5.97 Å². The van der Waals surface area contributed by atoms with Gasteiger partial charge in [0, 0.05) is 41.9 Å². The summed E-state index contributed by atoms with van der Waals surface area (Å²) in [5, 5.41) is 0. The fourth-order valence-electron chi connectivity index (χ4n) is 4.63. The van der Waals surface area contributed by atoms with Crippen LogP contribution in [0.2, 0.25) is 0 Å². The molecule has 4 rings (SSSR count). The molecule has 4 atom stereocenters. The van der Waals surface area contributed by atoms with Crippen molar-refractivity contribution in [2.45, 2.75) is 49.3 Å². The first-order valence-electron chi connectivity index (χ1n) is 7.26. The normalized spacial score (nSPS) is 41.0. The number of carbonyl (C=O) groups is 1. The summed E-state index contributed by atoms with van der Waals surface area (Å²) in [5.74, 6) is -0.200. The minimum absolute atomic E-state index is 0.200. The molecule has 21 heavy (non-hydrogen) atoms. The first kappa shape index (κ1) is 14.2. The maximum absolute atomic E-state index is 11.9. The highest BCUT2D eigenvalue weighted by atomic mass is 127. The van der Waals surface area contributed by atoms with Crippen LogP contribution in [0.15, 0.2) is 21.3 Å². The highest BCUT2D eigenvalue weighted by Gasteiger charge is 2.65. The molecule has 3 aliphatic heterocycles. The van der Waals surface area contributed by atoms with Gasteiger partial charge in [-0.1, -0.05) is 6.08 Å². The van der Waals surface area contributed by atoms with E-state index in [4.69, 9.17) is 14.2 Å². The Bertz CT molecular complexity index is 556. The molecule has 5 nitrogen and oxygen atoms in total. The van der Waals surface area contributed by atoms with Crippen molar-refractivity contribution in [1.82, 2.24) is 4.90 Å². The molecule has 0 aromatic heterocycles. The second-order valence-electron chi connectivity index (χ2n) is 6.10. The Morgan fingerprint density at radius 3 is 2.90 bits per heavy atom. The molecule has 1 unspecified atom stereocenters. The minimum atomic E-state index is -0.437. The fourth-order valence-corrected chi connectivity index (χ4v) is 5.65. The second-order valence-corrected chi connectivity index (χ2v) is 7.26. The quantitative estimate of drug-likeness (QED) is 0.409. The summed E-state index contributed by atoms with van der Waals surface area (Å²) >= 11 is 2.32. The van der Waals surface area contributed by atoms with E-state index in [1.807, 2.05) is 0 Å². The van der Waals surface area contributed by atoms with E-state index in [9.17, 15) is 4.79 Å². The van der Waals surface area contributed by atoms with Gasteiger partial charge < -0.3 is 14.2 Å². The lowest BCUT2D eigenvalue weighted by molar-refractivity contribution is -0.151. The van der Waals surface area contributed by atoms with Gasteiger partial charge in [-0.05, 0) is 35.4 Å². The van der Waals surface area contributed by atoms with Crippen LogP contribution in [0.3, 0.4) is 0 Å². The van der Waals surface area contributed by atoms with E-state index < -0.39 is 5.60 Å². The van der Waals surface area contributed by atoms with Crippen LogP contribution in [-0.2, 0) is 19.0 Å². The molecule has 4 aliphatic rings. The monoisotopic (exact) mass is 403 g/mol. The highest BCUT2D eigenvalue weighted by Crippen LogP contribution is 2.57. The van der Waals surface area contributed by atoms with Crippen molar-refractivity contribution in [3.8, 4) is 0 Å². The number of halogens is 1. The van der Waals surface area contributed by atoms with Gasteiger partial charge in [-0.2, -0.15) is 0 Å². The average molecular weight is 403 g/mol. The van der Waals surface area contributed by atoms with Crippen molar-refractivity contribution in [3.63, 3.8) is 0 Å².